The maximum Gasteiger partial charge on any atom is 0.179 e. The predicted octanol–water partition coefficient (Wildman–Crippen LogP) is 7.22. The third kappa shape index (κ3) is 4.21. The Hall–Kier alpha value is -5.51. The molecular weight excluding hydrogens is 549 g/mol. The van der Waals surface area contributed by atoms with Crippen molar-refractivity contribution in [2.75, 3.05) is 0 Å². The van der Waals surface area contributed by atoms with Crippen LogP contribution in [0, 0.1) is 0 Å². The summed E-state index contributed by atoms with van der Waals surface area (Å²) in [6.07, 6.45) is 1.89. The molecule has 44 heavy (non-hydrogen) atoms. The van der Waals surface area contributed by atoms with E-state index in [0.717, 1.165) is 22.2 Å². The number of pyridine rings is 1. The normalized spacial score (nSPS) is 11.6. The van der Waals surface area contributed by atoms with Gasteiger partial charge in [0, 0.05) is 22.7 Å². The minimum absolute atomic E-state index is 0.976. The molecule has 2 heterocycles. The zero-order chi connectivity index (χ0) is 29.3. The van der Waals surface area contributed by atoms with Gasteiger partial charge >= 0.3 is 0 Å². The van der Waals surface area contributed by atoms with Crippen molar-refractivity contribution in [3.8, 4) is 16.8 Å². The lowest BCUT2D eigenvalue weighted by atomic mass is 10.1. The second-order valence-electron chi connectivity index (χ2n) is 11.2. The van der Waals surface area contributed by atoms with Gasteiger partial charge in [0.2, 0.25) is 0 Å². The molecule has 0 radical (unpaired) electrons. The maximum absolute atomic E-state index is 4.88. The van der Waals surface area contributed by atoms with Crippen LogP contribution in [0.2, 0.25) is 0 Å². The fraction of sp³-hybridized carbons (Fsp3) is 0. The van der Waals surface area contributed by atoms with Gasteiger partial charge in [0.25, 0.3) is 0 Å². The molecule has 0 bridgehead atoms. The Morgan fingerprint density at radius 1 is 0.409 bits per heavy atom. The highest BCUT2D eigenvalue weighted by atomic mass is 28.3. The third-order valence-corrected chi connectivity index (χ3v) is 13.5. The Balaban J connectivity index is 1.48. The van der Waals surface area contributed by atoms with E-state index in [1.54, 1.807) is 0 Å². The topological polar surface area (TPSA) is 17.8 Å². The number of aromatic nitrogens is 2. The molecule has 0 spiro atoms. The highest BCUT2D eigenvalue weighted by molar-refractivity contribution is 7.20. The van der Waals surface area contributed by atoms with Crippen molar-refractivity contribution in [2.45, 2.75) is 0 Å². The molecule has 3 heteroatoms. The van der Waals surface area contributed by atoms with Crippen LogP contribution in [0.4, 0.5) is 0 Å². The predicted molar refractivity (Wildman–Crippen MR) is 188 cm³/mol. The van der Waals surface area contributed by atoms with Crippen LogP contribution in [0.3, 0.4) is 0 Å². The van der Waals surface area contributed by atoms with Gasteiger partial charge in [0.1, 0.15) is 5.65 Å². The highest BCUT2D eigenvalue weighted by Crippen LogP contribution is 2.31. The van der Waals surface area contributed by atoms with Gasteiger partial charge in [0.05, 0.1) is 5.52 Å². The Kier molecular flexibility index (Phi) is 6.51. The average Bonchev–Trinajstić information content (AvgIpc) is 3.44. The smallest absolute Gasteiger partial charge is 0.179 e. The molecule has 8 aromatic rings. The summed E-state index contributed by atoms with van der Waals surface area (Å²) < 4.78 is 2.29. The molecule has 0 saturated carbocycles. The molecule has 0 fully saturated rings. The zero-order valence-electron chi connectivity index (χ0n) is 24.2. The molecule has 0 amide bonds. The zero-order valence-corrected chi connectivity index (χ0v) is 25.2. The van der Waals surface area contributed by atoms with Crippen molar-refractivity contribution in [2.24, 2.45) is 0 Å². The van der Waals surface area contributed by atoms with Crippen molar-refractivity contribution < 1.29 is 0 Å². The summed E-state index contributed by atoms with van der Waals surface area (Å²) in [4.78, 5) is 4.88. The van der Waals surface area contributed by atoms with Gasteiger partial charge in [-0.25, -0.2) is 4.98 Å². The molecule has 0 atom stereocenters. The largest absolute Gasteiger partial charge is 0.294 e. The summed E-state index contributed by atoms with van der Waals surface area (Å²) in [6, 6.07) is 64.2. The minimum atomic E-state index is -2.77. The number of nitrogens with zero attached hydrogens (tertiary/aromatic N) is 2. The summed E-state index contributed by atoms with van der Waals surface area (Å²) in [6.45, 7) is 0. The Labute approximate surface area is 258 Å². The van der Waals surface area contributed by atoms with E-state index in [9.17, 15) is 0 Å². The third-order valence-electron chi connectivity index (χ3n) is 8.79. The minimum Gasteiger partial charge on any atom is -0.294 e. The number of benzene rings is 6. The van der Waals surface area contributed by atoms with E-state index in [4.69, 9.17) is 4.98 Å². The summed E-state index contributed by atoms with van der Waals surface area (Å²) >= 11 is 0. The van der Waals surface area contributed by atoms with Crippen LogP contribution in [-0.2, 0) is 0 Å². The van der Waals surface area contributed by atoms with Gasteiger partial charge < -0.3 is 0 Å². The first-order chi connectivity index (χ1) is 21.8. The Morgan fingerprint density at radius 3 is 1.66 bits per heavy atom. The molecule has 2 aromatic heterocycles. The van der Waals surface area contributed by atoms with Crippen molar-refractivity contribution in [1.82, 2.24) is 9.55 Å². The van der Waals surface area contributed by atoms with E-state index in [-0.39, 0.29) is 0 Å². The summed E-state index contributed by atoms with van der Waals surface area (Å²) in [7, 11) is -2.77. The number of fused-ring (bicyclic) bond motifs is 3. The van der Waals surface area contributed by atoms with Gasteiger partial charge in [-0.2, -0.15) is 0 Å². The molecule has 0 unspecified atom stereocenters. The van der Waals surface area contributed by atoms with Crippen molar-refractivity contribution in [3.63, 3.8) is 0 Å². The van der Waals surface area contributed by atoms with Crippen LogP contribution < -0.4 is 20.7 Å². The number of rotatable bonds is 6. The van der Waals surface area contributed by atoms with Crippen LogP contribution in [0.5, 0.6) is 0 Å². The first kappa shape index (κ1) is 26.1. The maximum atomic E-state index is 4.88. The fourth-order valence-electron chi connectivity index (χ4n) is 6.86. The van der Waals surface area contributed by atoms with E-state index in [1.165, 1.54) is 37.3 Å². The monoisotopic (exact) mass is 578 g/mol. The van der Waals surface area contributed by atoms with Crippen molar-refractivity contribution >= 4 is 50.8 Å². The van der Waals surface area contributed by atoms with Crippen molar-refractivity contribution in [1.29, 1.82) is 0 Å². The van der Waals surface area contributed by atoms with E-state index < -0.39 is 8.07 Å². The average molecular weight is 579 g/mol. The SMILES string of the molecule is c1ccc(-c2cccc([Si](c3ccccc3)(c3ccccc3)c3ccc4c(c3)c3cccnc3n4-c3ccccc3)c2)cc1. The first-order valence-corrected chi connectivity index (χ1v) is 17.1. The van der Waals surface area contributed by atoms with Gasteiger partial charge in [-0.05, 0) is 62.2 Å². The quantitative estimate of drug-likeness (QED) is 0.150. The van der Waals surface area contributed by atoms with Crippen LogP contribution in [0.1, 0.15) is 0 Å². The number of para-hydroxylation sites is 1. The molecule has 0 aliphatic carbocycles. The number of hydrogen-bond donors (Lipinski definition) is 0. The van der Waals surface area contributed by atoms with E-state index in [1.807, 2.05) is 12.3 Å². The highest BCUT2D eigenvalue weighted by Gasteiger charge is 2.42. The Morgan fingerprint density at radius 2 is 0.977 bits per heavy atom. The van der Waals surface area contributed by atoms with Gasteiger partial charge in [-0.15, -0.1) is 0 Å². The van der Waals surface area contributed by atoms with Crippen LogP contribution in [0.15, 0.2) is 182 Å². The van der Waals surface area contributed by atoms with Crippen LogP contribution in [0.25, 0.3) is 38.8 Å². The lowest BCUT2D eigenvalue weighted by Crippen LogP contribution is -2.74. The second-order valence-corrected chi connectivity index (χ2v) is 15.0. The van der Waals surface area contributed by atoms with Crippen LogP contribution in [-0.4, -0.2) is 17.6 Å². The fourth-order valence-corrected chi connectivity index (χ4v) is 11.7. The second kappa shape index (κ2) is 11.0. The van der Waals surface area contributed by atoms with Crippen LogP contribution >= 0.6 is 0 Å². The molecule has 6 aromatic carbocycles. The van der Waals surface area contributed by atoms with Gasteiger partial charge in [0.15, 0.2) is 8.07 Å². The molecule has 0 saturated heterocycles. The molecule has 0 aliphatic rings. The molecule has 0 N–H and O–H groups in total. The van der Waals surface area contributed by atoms with Gasteiger partial charge in [-0.1, -0.05) is 146 Å². The lowest BCUT2D eigenvalue weighted by molar-refractivity contribution is 1.14. The van der Waals surface area contributed by atoms with E-state index in [0.29, 0.717) is 0 Å². The molecule has 0 aliphatic heterocycles. The van der Waals surface area contributed by atoms with Crippen molar-refractivity contribution in [3.05, 3.63) is 182 Å². The lowest BCUT2D eigenvalue weighted by Gasteiger charge is -2.35. The summed E-state index contributed by atoms with van der Waals surface area (Å²) in [5.74, 6) is 0. The number of hydrogen-bond acceptors (Lipinski definition) is 1. The first-order valence-electron chi connectivity index (χ1n) is 15.1. The molecular formula is C41H30N2Si. The van der Waals surface area contributed by atoms with E-state index >= 15 is 0 Å². The van der Waals surface area contributed by atoms with E-state index in [2.05, 4.69) is 174 Å². The standard InChI is InChI=1S/C41H30N2Si/c1-5-15-31(16-6-1)32-17-13-24-36(29-32)44(34-20-9-3-10-21-34,35-22-11-4-12-23-35)37-26-27-40-39(30-37)38-25-14-28-42-41(38)43(40)33-18-7-2-8-19-33/h1-30H. The molecule has 8 rings (SSSR count). The van der Waals surface area contributed by atoms with Gasteiger partial charge in [-0.3, -0.25) is 4.57 Å². The molecule has 2 nitrogen and oxygen atoms in total. The summed E-state index contributed by atoms with van der Waals surface area (Å²) in [5, 5.41) is 7.82. The Bertz CT molecular complexity index is 2170. The molecule has 208 valence electrons. The summed E-state index contributed by atoms with van der Waals surface area (Å²) in [5.41, 5.74) is 5.71.